The number of carbonyl (C=O) groups is 1. The molecule has 4 nitrogen and oxygen atoms in total. The van der Waals surface area contributed by atoms with E-state index < -0.39 is 5.82 Å². The van der Waals surface area contributed by atoms with Crippen LogP contribution in [0.15, 0.2) is 42.5 Å². The summed E-state index contributed by atoms with van der Waals surface area (Å²) in [4.78, 5) is 16.5. The molecule has 1 aliphatic heterocycles. The van der Waals surface area contributed by atoms with Crippen LogP contribution in [-0.2, 0) is 6.42 Å². The largest absolute Gasteiger partial charge is 0.399 e. The van der Waals surface area contributed by atoms with Crippen molar-refractivity contribution in [3.63, 3.8) is 0 Å². The lowest BCUT2D eigenvalue weighted by Crippen LogP contribution is -2.49. The molecule has 1 aliphatic rings. The van der Waals surface area contributed by atoms with Crippen molar-refractivity contribution in [3.05, 3.63) is 64.4 Å². The summed E-state index contributed by atoms with van der Waals surface area (Å²) in [5.41, 5.74) is 7.18. The van der Waals surface area contributed by atoms with Crippen molar-refractivity contribution in [1.29, 1.82) is 0 Å². The highest BCUT2D eigenvalue weighted by molar-refractivity contribution is 6.30. The third-order valence-electron chi connectivity index (χ3n) is 4.51. The molecular formula is C19H21ClFN3O. The van der Waals surface area contributed by atoms with Gasteiger partial charge in [0.25, 0.3) is 5.91 Å². The van der Waals surface area contributed by atoms with Gasteiger partial charge in [0, 0.05) is 43.4 Å². The van der Waals surface area contributed by atoms with Crippen molar-refractivity contribution >= 4 is 23.2 Å². The summed E-state index contributed by atoms with van der Waals surface area (Å²) in [6.07, 6.45) is 0.942. The predicted octanol–water partition coefficient (Wildman–Crippen LogP) is 3.06. The van der Waals surface area contributed by atoms with Gasteiger partial charge in [-0.1, -0.05) is 23.7 Å². The number of nitrogens with two attached hydrogens (primary N) is 1. The molecule has 3 rings (SSSR count). The van der Waals surface area contributed by atoms with E-state index in [1.54, 1.807) is 11.0 Å². The Bertz CT molecular complexity index is 743. The van der Waals surface area contributed by atoms with Gasteiger partial charge in [-0.3, -0.25) is 9.69 Å². The molecule has 0 saturated carbocycles. The normalized spacial score (nSPS) is 15.4. The van der Waals surface area contributed by atoms with E-state index in [0.717, 1.165) is 31.1 Å². The van der Waals surface area contributed by atoms with Crippen LogP contribution in [0.3, 0.4) is 0 Å². The first-order chi connectivity index (χ1) is 12.0. The van der Waals surface area contributed by atoms with Crippen LogP contribution in [0.2, 0.25) is 5.02 Å². The Balaban J connectivity index is 1.51. The maximum atomic E-state index is 13.9. The van der Waals surface area contributed by atoms with Gasteiger partial charge in [0.15, 0.2) is 0 Å². The Kier molecular flexibility index (Phi) is 5.56. The maximum absolute atomic E-state index is 13.9. The van der Waals surface area contributed by atoms with Gasteiger partial charge in [0.1, 0.15) is 5.82 Å². The molecule has 1 saturated heterocycles. The number of nitrogen functional groups attached to an aromatic ring is 1. The van der Waals surface area contributed by atoms with E-state index in [2.05, 4.69) is 4.90 Å². The molecule has 132 valence electrons. The minimum Gasteiger partial charge on any atom is -0.399 e. The first kappa shape index (κ1) is 17.7. The van der Waals surface area contributed by atoms with E-state index in [1.165, 1.54) is 17.7 Å². The molecule has 25 heavy (non-hydrogen) atoms. The lowest BCUT2D eigenvalue weighted by atomic mass is 10.1. The molecule has 1 fully saturated rings. The van der Waals surface area contributed by atoms with Crippen molar-refractivity contribution in [1.82, 2.24) is 9.80 Å². The Labute approximate surface area is 152 Å². The summed E-state index contributed by atoms with van der Waals surface area (Å²) in [5, 5.41) is 0.741. The topological polar surface area (TPSA) is 49.6 Å². The molecular weight excluding hydrogens is 341 g/mol. The fourth-order valence-electron chi connectivity index (χ4n) is 2.99. The summed E-state index contributed by atoms with van der Waals surface area (Å²) < 4.78 is 13.9. The molecule has 0 radical (unpaired) electrons. The number of rotatable bonds is 4. The number of amides is 1. The zero-order valence-corrected chi connectivity index (χ0v) is 14.7. The highest BCUT2D eigenvalue weighted by Gasteiger charge is 2.23. The van der Waals surface area contributed by atoms with Crippen molar-refractivity contribution in [2.24, 2.45) is 0 Å². The SMILES string of the molecule is Nc1ccc(C(=O)N2CCN(CCc3ccc(Cl)cc3)CC2)c(F)c1. The van der Waals surface area contributed by atoms with E-state index in [9.17, 15) is 9.18 Å². The summed E-state index contributed by atoms with van der Waals surface area (Å²) >= 11 is 5.89. The molecule has 1 amide bonds. The maximum Gasteiger partial charge on any atom is 0.256 e. The second kappa shape index (κ2) is 7.85. The number of nitrogens with zero attached hydrogens (tertiary/aromatic N) is 2. The molecule has 0 aromatic heterocycles. The molecule has 0 unspecified atom stereocenters. The third kappa shape index (κ3) is 4.50. The van der Waals surface area contributed by atoms with Crippen LogP contribution < -0.4 is 5.73 Å². The molecule has 6 heteroatoms. The van der Waals surface area contributed by atoms with Gasteiger partial charge in [0.05, 0.1) is 5.56 Å². The molecule has 0 bridgehead atoms. The molecule has 1 heterocycles. The van der Waals surface area contributed by atoms with Gasteiger partial charge in [-0.25, -0.2) is 4.39 Å². The van der Waals surface area contributed by atoms with E-state index in [-0.39, 0.29) is 11.5 Å². The molecule has 2 aromatic rings. The zero-order chi connectivity index (χ0) is 17.8. The van der Waals surface area contributed by atoms with Crippen molar-refractivity contribution in [2.45, 2.75) is 6.42 Å². The lowest BCUT2D eigenvalue weighted by Gasteiger charge is -2.34. The number of anilines is 1. The first-order valence-electron chi connectivity index (χ1n) is 8.34. The van der Waals surface area contributed by atoms with E-state index >= 15 is 0 Å². The third-order valence-corrected chi connectivity index (χ3v) is 4.76. The van der Waals surface area contributed by atoms with Crippen LogP contribution in [0.5, 0.6) is 0 Å². The van der Waals surface area contributed by atoms with E-state index in [0.29, 0.717) is 18.8 Å². The van der Waals surface area contributed by atoms with Crippen molar-refractivity contribution in [2.75, 3.05) is 38.5 Å². The Morgan fingerprint density at radius 3 is 2.40 bits per heavy atom. The number of piperazine rings is 1. The Morgan fingerprint density at radius 2 is 1.76 bits per heavy atom. The fraction of sp³-hybridized carbons (Fsp3) is 0.316. The molecule has 2 N–H and O–H groups in total. The van der Waals surface area contributed by atoms with Crippen LogP contribution in [-0.4, -0.2) is 48.4 Å². The summed E-state index contributed by atoms with van der Waals surface area (Å²) in [5.74, 6) is -0.829. The van der Waals surface area contributed by atoms with Crippen molar-refractivity contribution in [3.8, 4) is 0 Å². The van der Waals surface area contributed by atoms with Crippen LogP contribution in [0, 0.1) is 5.82 Å². The Morgan fingerprint density at radius 1 is 1.08 bits per heavy atom. The fourth-order valence-corrected chi connectivity index (χ4v) is 3.11. The van der Waals surface area contributed by atoms with Gasteiger partial charge in [-0.05, 0) is 42.3 Å². The van der Waals surface area contributed by atoms with Gasteiger partial charge in [-0.15, -0.1) is 0 Å². The van der Waals surface area contributed by atoms with Crippen LogP contribution in [0.4, 0.5) is 10.1 Å². The number of hydrogen-bond donors (Lipinski definition) is 1. The summed E-state index contributed by atoms with van der Waals surface area (Å²) in [6, 6.07) is 12.1. The standard InChI is InChI=1S/C19H21ClFN3O/c20-15-3-1-14(2-4-15)7-8-23-9-11-24(12-10-23)19(25)17-6-5-16(22)13-18(17)21/h1-6,13H,7-12,22H2. The monoisotopic (exact) mass is 361 g/mol. The van der Waals surface area contributed by atoms with Gasteiger partial charge in [0.2, 0.25) is 0 Å². The number of hydrogen-bond acceptors (Lipinski definition) is 3. The molecule has 0 spiro atoms. The second-order valence-corrected chi connectivity index (χ2v) is 6.69. The Hall–Kier alpha value is -2.11. The molecule has 2 aromatic carbocycles. The minimum atomic E-state index is -0.560. The van der Waals surface area contributed by atoms with E-state index in [1.807, 2.05) is 24.3 Å². The summed E-state index contributed by atoms with van der Waals surface area (Å²) in [7, 11) is 0. The van der Waals surface area contributed by atoms with Crippen LogP contribution in [0.25, 0.3) is 0 Å². The highest BCUT2D eigenvalue weighted by atomic mass is 35.5. The average molecular weight is 362 g/mol. The first-order valence-corrected chi connectivity index (χ1v) is 8.72. The minimum absolute atomic E-state index is 0.0869. The van der Waals surface area contributed by atoms with Gasteiger partial charge < -0.3 is 10.6 Å². The summed E-state index contributed by atoms with van der Waals surface area (Å²) in [6.45, 7) is 3.71. The number of benzene rings is 2. The zero-order valence-electron chi connectivity index (χ0n) is 13.9. The number of carbonyl (C=O) groups excluding carboxylic acids is 1. The average Bonchev–Trinajstić information content (AvgIpc) is 2.61. The smallest absolute Gasteiger partial charge is 0.256 e. The lowest BCUT2D eigenvalue weighted by molar-refractivity contribution is 0.0634. The van der Waals surface area contributed by atoms with Crippen molar-refractivity contribution < 1.29 is 9.18 Å². The van der Waals surface area contributed by atoms with Gasteiger partial charge >= 0.3 is 0 Å². The predicted molar refractivity (Wildman–Crippen MR) is 98.3 cm³/mol. The van der Waals surface area contributed by atoms with Crippen LogP contribution in [0.1, 0.15) is 15.9 Å². The second-order valence-electron chi connectivity index (χ2n) is 6.25. The molecule has 0 aliphatic carbocycles. The quantitative estimate of drug-likeness (QED) is 0.851. The van der Waals surface area contributed by atoms with Gasteiger partial charge in [-0.2, -0.15) is 0 Å². The van der Waals surface area contributed by atoms with Crippen LogP contribution >= 0.6 is 11.6 Å². The number of halogens is 2. The van der Waals surface area contributed by atoms with E-state index in [4.69, 9.17) is 17.3 Å². The molecule has 0 atom stereocenters. The highest BCUT2D eigenvalue weighted by Crippen LogP contribution is 2.16.